The Hall–Kier alpha value is -2.83. The van der Waals surface area contributed by atoms with E-state index in [-0.39, 0.29) is 55.0 Å². The largest absolute Gasteiger partial charge is 0.492 e. The number of nitrogens with zero attached hydrogens (tertiary/aromatic N) is 2. The van der Waals surface area contributed by atoms with Gasteiger partial charge in [-0.2, -0.15) is 17.6 Å². The summed E-state index contributed by atoms with van der Waals surface area (Å²) in [4.78, 5) is 0. The van der Waals surface area contributed by atoms with Crippen LogP contribution >= 0.6 is 0 Å². The van der Waals surface area contributed by atoms with Crippen LogP contribution in [0.4, 0.5) is 26.3 Å². The summed E-state index contributed by atoms with van der Waals surface area (Å²) in [6.07, 6.45) is -4.34. The Bertz CT molecular complexity index is 1370. The summed E-state index contributed by atoms with van der Waals surface area (Å²) in [5.74, 6) is -3.47. The second-order valence-electron chi connectivity index (χ2n) is 10.8. The van der Waals surface area contributed by atoms with Crippen molar-refractivity contribution < 1.29 is 41.3 Å². The summed E-state index contributed by atoms with van der Waals surface area (Å²) in [5.41, 5.74) is -3.92. The highest BCUT2D eigenvalue weighted by atomic mass is 19.4. The van der Waals surface area contributed by atoms with E-state index in [4.69, 9.17) is 4.74 Å². The summed E-state index contributed by atoms with van der Waals surface area (Å²) in [6.45, 7) is 3.14. The van der Waals surface area contributed by atoms with Gasteiger partial charge in [-0.15, -0.1) is 5.10 Å². The third-order valence-electron chi connectivity index (χ3n) is 7.39. The highest BCUT2D eigenvalue weighted by Crippen LogP contribution is 2.45. The number of fused-ring (bicyclic) bond motifs is 1. The molecule has 2 aliphatic rings. The Morgan fingerprint density at radius 2 is 1.76 bits per heavy atom. The zero-order valence-corrected chi connectivity index (χ0v) is 20.6. The lowest BCUT2D eigenvalue weighted by atomic mass is 9.77. The van der Waals surface area contributed by atoms with E-state index in [2.05, 4.69) is 10.4 Å². The average Bonchev–Trinajstić information content (AvgIpc) is 3.12. The molecule has 1 saturated heterocycles. The highest BCUT2D eigenvalue weighted by molar-refractivity contribution is 5.85. The summed E-state index contributed by atoms with van der Waals surface area (Å²) in [5, 5.41) is 27.8. The monoisotopic (exact) mass is 543 g/mol. The van der Waals surface area contributed by atoms with Gasteiger partial charge in [-0.05, 0) is 69.4 Å². The molecule has 3 N–H and O–H groups in total. The first-order valence-electron chi connectivity index (χ1n) is 12.2. The molecule has 12 heteroatoms. The van der Waals surface area contributed by atoms with Crippen LogP contribution in [0, 0.1) is 17.6 Å². The van der Waals surface area contributed by atoms with Gasteiger partial charge in [0.15, 0.2) is 11.6 Å². The topological polar surface area (TPSA) is 79.5 Å². The smallest absolute Gasteiger partial charge is 0.418 e. The Morgan fingerprint density at radius 3 is 2.39 bits per heavy atom. The van der Waals surface area contributed by atoms with Gasteiger partial charge in [0.2, 0.25) is 5.95 Å². The molecule has 0 radical (unpaired) electrons. The first-order chi connectivity index (χ1) is 17.6. The van der Waals surface area contributed by atoms with Crippen LogP contribution in [0.15, 0.2) is 30.3 Å². The van der Waals surface area contributed by atoms with E-state index < -0.39 is 58.1 Å². The molecule has 1 saturated carbocycles. The number of hydrogen-bond acceptors (Lipinski definition) is 5. The third-order valence-corrected chi connectivity index (χ3v) is 7.39. The standard InChI is InChI=1S/C26H27F6N3O3/c1-13-8-25(37,14-3-4-20(27)21(28)5-14)9-15(33-13)12-38-17-6-18-22(19(7-17)26(30,31)32)35(34-23(18)29)16-10-24(2,36)11-16/h3-7,13,15-16,33,36-37H,8-12H2,1-2H3. The molecule has 1 aliphatic heterocycles. The number of hydrogen-bond donors (Lipinski definition) is 3. The molecule has 1 aromatic heterocycles. The third kappa shape index (κ3) is 4.96. The molecular formula is C26H27F6N3O3. The van der Waals surface area contributed by atoms with Gasteiger partial charge in [-0.3, -0.25) is 4.68 Å². The number of ether oxygens (including phenoxy) is 1. The van der Waals surface area contributed by atoms with Crippen molar-refractivity contribution in [2.24, 2.45) is 0 Å². The maximum absolute atomic E-state index is 14.7. The van der Waals surface area contributed by atoms with E-state index in [0.29, 0.717) is 0 Å². The van der Waals surface area contributed by atoms with Crippen molar-refractivity contribution in [2.75, 3.05) is 6.61 Å². The van der Waals surface area contributed by atoms with Gasteiger partial charge in [0.1, 0.15) is 12.4 Å². The van der Waals surface area contributed by atoms with Crippen molar-refractivity contribution in [3.63, 3.8) is 0 Å². The van der Waals surface area contributed by atoms with Gasteiger partial charge >= 0.3 is 6.18 Å². The predicted octanol–water partition coefficient (Wildman–Crippen LogP) is 4.97. The van der Waals surface area contributed by atoms with Crippen LogP contribution in [0.3, 0.4) is 0 Å². The minimum Gasteiger partial charge on any atom is -0.492 e. The van der Waals surface area contributed by atoms with Gasteiger partial charge in [0, 0.05) is 12.1 Å². The van der Waals surface area contributed by atoms with Crippen molar-refractivity contribution in [1.29, 1.82) is 0 Å². The molecule has 3 aromatic rings. The summed E-state index contributed by atoms with van der Waals surface area (Å²) in [6, 6.07) is 3.65. The molecule has 206 valence electrons. The van der Waals surface area contributed by atoms with E-state index in [1.54, 1.807) is 13.8 Å². The van der Waals surface area contributed by atoms with Gasteiger partial charge in [-0.1, -0.05) is 6.07 Å². The zero-order chi connectivity index (χ0) is 27.6. The van der Waals surface area contributed by atoms with Crippen LogP contribution < -0.4 is 10.1 Å². The minimum absolute atomic E-state index is 0.0185. The average molecular weight is 544 g/mol. The molecule has 2 aromatic carbocycles. The molecule has 38 heavy (non-hydrogen) atoms. The summed E-state index contributed by atoms with van der Waals surface area (Å²) in [7, 11) is 0. The number of alkyl halides is 3. The SMILES string of the molecule is CC1CC(O)(c2ccc(F)c(F)c2)CC(COc2cc(C(F)(F)F)c3c(c2)c(F)nn3C2CC(C)(O)C2)N1. The lowest BCUT2D eigenvalue weighted by molar-refractivity contribution is -0.136. The number of rotatable bonds is 5. The number of nitrogens with one attached hydrogen (secondary N) is 1. The van der Waals surface area contributed by atoms with Crippen LogP contribution in [-0.4, -0.2) is 44.3 Å². The molecule has 1 aliphatic carbocycles. The first kappa shape index (κ1) is 26.8. The van der Waals surface area contributed by atoms with E-state index in [9.17, 15) is 36.6 Å². The fraction of sp³-hybridized carbons (Fsp3) is 0.500. The molecule has 0 spiro atoms. The molecule has 0 bridgehead atoms. The van der Waals surface area contributed by atoms with Crippen molar-refractivity contribution in [3.8, 4) is 5.75 Å². The van der Waals surface area contributed by atoms with Crippen molar-refractivity contribution >= 4 is 10.9 Å². The normalized spacial score (nSPS) is 29.9. The quantitative estimate of drug-likeness (QED) is 0.397. The molecule has 5 rings (SSSR count). The van der Waals surface area contributed by atoms with Gasteiger partial charge in [-0.25, -0.2) is 8.78 Å². The van der Waals surface area contributed by atoms with Crippen molar-refractivity contribution in [2.45, 2.75) is 75.0 Å². The predicted molar refractivity (Wildman–Crippen MR) is 125 cm³/mol. The first-order valence-corrected chi connectivity index (χ1v) is 12.2. The zero-order valence-electron chi connectivity index (χ0n) is 20.6. The second-order valence-corrected chi connectivity index (χ2v) is 10.8. The Labute approximate surface area is 214 Å². The maximum Gasteiger partial charge on any atom is 0.418 e. The van der Waals surface area contributed by atoms with Crippen LogP contribution in [0.25, 0.3) is 10.9 Å². The molecule has 6 nitrogen and oxygen atoms in total. The lowest BCUT2D eigenvalue weighted by Crippen LogP contribution is -2.53. The molecule has 2 fully saturated rings. The Morgan fingerprint density at radius 1 is 1.05 bits per heavy atom. The van der Waals surface area contributed by atoms with Crippen molar-refractivity contribution in [1.82, 2.24) is 15.1 Å². The molecule has 2 heterocycles. The molecular weight excluding hydrogens is 516 g/mol. The second kappa shape index (κ2) is 9.13. The number of halogens is 6. The van der Waals surface area contributed by atoms with E-state index in [0.717, 1.165) is 28.9 Å². The minimum atomic E-state index is -4.83. The highest BCUT2D eigenvalue weighted by Gasteiger charge is 2.44. The fourth-order valence-electron chi connectivity index (χ4n) is 5.75. The summed E-state index contributed by atoms with van der Waals surface area (Å²) >= 11 is 0. The molecule has 3 unspecified atom stereocenters. The van der Waals surface area contributed by atoms with Crippen molar-refractivity contribution in [3.05, 3.63) is 59.0 Å². The van der Waals surface area contributed by atoms with Gasteiger partial charge in [0.25, 0.3) is 0 Å². The van der Waals surface area contributed by atoms with E-state index in [1.165, 1.54) is 6.07 Å². The number of benzene rings is 2. The number of aliphatic hydroxyl groups is 2. The summed E-state index contributed by atoms with van der Waals surface area (Å²) < 4.78 is 90.7. The molecule has 3 atom stereocenters. The number of aromatic nitrogens is 2. The maximum atomic E-state index is 14.7. The van der Waals surface area contributed by atoms with Crippen LogP contribution in [0.2, 0.25) is 0 Å². The van der Waals surface area contributed by atoms with Crippen LogP contribution in [-0.2, 0) is 11.8 Å². The van der Waals surface area contributed by atoms with Crippen LogP contribution in [0.1, 0.15) is 56.7 Å². The Balaban J connectivity index is 1.41. The Kier molecular flexibility index (Phi) is 6.43. The fourth-order valence-corrected chi connectivity index (χ4v) is 5.75. The number of piperidine rings is 1. The lowest BCUT2D eigenvalue weighted by Gasteiger charge is -2.41. The van der Waals surface area contributed by atoms with Gasteiger partial charge < -0.3 is 20.3 Å². The molecule has 0 amide bonds. The van der Waals surface area contributed by atoms with E-state index >= 15 is 0 Å². The van der Waals surface area contributed by atoms with E-state index in [1.807, 2.05) is 0 Å². The van der Waals surface area contributed by atoms with Gasteiger partial charge in [0.05, 0.1) is 33.7 Å². The van der Waals surface area contributed by atoms with Crippen LogP contribution in [0.5, 0.6) is 5.75 Å².